The van der Waals surface area contributed by atoms with Gasteiger partial charge in [0.1, 0.15) is 0 Å². The lowest BCUT2D eigenvalue weighted by atomic mass is 9.88. The van der Waals surface area contributed by atoms with Crippen LogP contribution in [0.5, 0.6) is 0 Å². The molecule has 21 heavy (non-hydrogen) atoms. The SMILES string of the molecule is CO[C@@H](CNC(=O)[C@H]1C[C@H]2CC[C@H]1O2)c1cccc(Cl)c1. The van der Waals surface area contributed by atoms with Gasteiger partial charge in [0.2, 0.25) is 5.91 Å². The molecule has 0 aromatic heterocycles. The summed E-state index contributed by atoms with van der Waals surface area (Å²) in [6, 6.07) is 7.52. The zero-order valence-electron chi connectivity index (χ0n) is 12.0. The molecule has 4 atom stereocenters. The molecule has 2 aliphatic heterocycles. The number of hydrogen-bond donors (Lipinski definition) is 1. The van der Waals surface area contributed by atoms with Crippen molar-refractivity contribution < 1.29 is 14.3 Å². The van der Waals surface area contributed by atoms with Gasteiger partial charge in [-0.3, -0.25) is 4.79 Å². The molecule has 0 unspecified atom stereocenters. The lowest BCUT2D eigenvalue weighted by Crippen LogP contribution is -2.38. The lowest BCUT2D eigenvalue weighted by Gasteiger charge is -2.21. The predicted octanol–water partition coefficient (Wildman–Crippen LogP) is 2.71. The minimum absolute atomic E-state index is 0.000572. The third-order valence-electron chi connectivity index (χ3n) is 4.41. The Hall–Kier alpha value is -1.10. The summed E-state index contributed by atoms with van der Waals surface area (Å²) < 4.78 is 11.2. The highest BCUT2D eigenvalue weighted by Crippen LogP contribution is 2.38. The van der Waals surface area contributed by atoms with E-state index in [1.807, 2.05) is 24.3 Å². The number of fused-ring (bicyclic) bond motifs is 2. The van der Waals surface area contributed by atoms with Crippen molar-refractivity contribution >= 4 is 17.5 Å². The van der Waals surface area contributed by atoms with Crippen LogP contribution in [0.4, 0.5) is 0 Å². The predicted molar refractivity (Wildman–Crippen MR) is 80.2 cm³/mol. The molecule has 1 amide bonds. The number of amides is 1. The Bertz CT molecular complexity index is 522. The van der Waals surface area contributed by atoms with Crippen LogP contribution in [0.3, 0.4) is 0 Å². The van der Waals surface area contributed by atoms with Crippen LogP contribution in [0.15, 0.2) is 24.3 Å². The summed E-state index contributed by atoms with van der Waals surface area (Å²) in [5.74, 6) is 0.0758. The summed E-state index contributed by atoms with van der Waals surface area (Å²) >= 11 is 6.00. The highest BCUT2D eigenvalue weighted by molar-refractivity contribution is 6.30. The maximum absolute atomic E-state index is 12.3. The maximum atomic E-state index is 12.3. The van der Waals surface area contributed by atoms with Gasteiger partial charge in [0.15, 0.2) is 0 Å². The second kappa shape index (κ2) is 6.34. The van der Waals surface area contributed by atoms with Crippen molar-refractivity contribution in [2.45, 2.75) is 37.6 Å². The first kappa shape index (κ1) is 14.8. The fourth-order valence-electron chi connectivity index (χ4n) is 3.28. The first-order valence-electron chi connectivity index (χ1n) is 7.39. The van der Waals surface area contributed by atoms with Crippen LogP contribution < -0.4 is 5.32 Å². The van der Waals surface area contributed by atoms with Gasteiger partial charge in [0, 0.05) is 18.7 Å². The number of carbonyl (C=O) groups is 1. The van der Waals surface area contributed by atoms with Crippen molar-refractivity contribution in [2.75, 3.05) is 13.7 Å². The van der Waals surface area contributed by atoms with Crippen LogP contribution in [0, 0.1) is 5.92 Å². The average molecular weight is 310 g/mol. The minimum atomic E-state index is -0.188. The summed E-state index contributed by atoms with van der Waals surface area (Å²) in [7, 11) is 1.64. The van der Waals surface area contributed by atoms with Crippen molar-refractivity contribution in [1.82, 2.24) is 5.32 Å². The van der Waals surface area contributed by atoms with Crippen molar-refractivity contribution in [1.29, 1.82) is 0 Å². The first-order valence-corrected chi connectivity index (χ1v) is 7.76. The molecule has 2 heterocycles. The number of methoxy groups -OCH3 is 1. The fourth-order valence-corrected chi connectivity index (χ4v) is 3.48. The molecule has 2 bridgehead atoms. The van der Waals surface area contributed by atoms with E-state index >= 15 is 0 Å². The molecular formula is C16H20ClNO3. The van der Waals surface area contributed by atoms with Gasteiger partial charge < -0.3 is 14.8 Å². The van der Waals surface area contributed by atoms with Gasteiger partial charge in [0.25, 0.3) is 0 Å². The van der Waals surface area contributed by atoms with Crippen molar-refractivity contribution in [3.05, 3.63) is 34.9 Å². The first-order chi connectivity index (χ1) is 10.2. The van der Waals surface area contributed by atoms with E-state index < -0.39 is 0 Å². The summed E-state index contributed by atoms with van der Waals surface area (Å²) in [6.45, 7) is 0.448. The normalized spacial score (nSPS) is 28.6. The Balaban J connectivity index is 1.57. The number of halogens is 1. The third kappa shape index (κ3) is 3.23. The Labute approximate surface area is 129 Å². The van der Waals surface area contributed by atoms with Gasteiger partial charge in [-0.05, 0) is 37.0 Å². The molecule has 1 aromatic rings. The summed E-state index contributed by atoms with van der Waals surface area (Å²) in [6.07, 6.45) is 3.17. The van der Waals surface area contributed by atoms with E-state index in [-0.39, 0.29) is 30.1 Å². The van der Waals surface area contributed by atoms with Crippen molar-refractivity contribution in [3.63, 3.8) is 0 Å². The molecule has 0 spiro atoms. The Kier molecular flexibility index (Phi) is 4.48. The van der Waals surface area contributed by atoms with Gasteiger partial charge in [0.05, 0.1) is 24.2 Å². The fraction of sp³-hybridized carbons (Fsp3) is 0.562. The third-order valence-corrected chi connectivity index (χ3v) is 4.64. The summed E-state index contributed by atoms with van der Waals surface area (Å²) in [4.78, 5) is 12.3. The minimum Gasteiger partial charge on any atom is -0.375 e. The summed E-state index contributed by atoms with van der Waals surface area (Å²) in [5.41, 5.74) is 0.967. The van der Waals surface area contributed by atoms with Crippen LogP contribution in [-0.4, -0.2) is 31.8 Å². The molecule has 0 saturated carbocycles. The lowest BCUT2D eigenvalue weighted by molar-refractivity contribution is -0.127. The number of hydrogen-bond acceptors (Lipinski definition) is 3. The molecule has 4 nitrogen and oxygen atoms in total. The zero-order chi connectivity index (χ0) is 14.8. The van der Waals surface area contributed by atoms with E-state index in [1.54, 1.807) is 7.11 Å². The molecule has 2 saturated heterocycles. The van der Waals surface area contributed by atoms with Crippen LogP contribution in [0.2, 0.25) is 5.02 Å². The zero-order valence-corrected chi connectivity index (χ0v) is 12.8. The second-order valence-electron chi connectivity index (χ2n) is 5.74. The molecule has 5 heteroatoms. The molecule has 0 radical (unpaired) electrons. The van der Waals surface area contributed by atoms with Crippen molar-refractivity contribution in [2.24, 2.45) is 5.92 Å². The molecule has 1 aromatic carbocycles. The van der Waals surface area contributed by atoms with Gasteiger partial charge >= 0.3 is 0 Å². The average Bonchev–Trinajstić information content (AvgIpc) is 3.10. The molecule has 114 valence electrons. The molecule has 2 fully saturated rings. The van der Waals surface area contributed by atoms with Gasteiger partial charge in [-0.15, -0.1) is 0 Å². The van der Waals surface area contributed by atoms with E-state index in [0.29, 0.717) is 11.6 Å². The smallest absolute Gasteiger partial charge is 0.225 e. The van der Waals surface area contributed by atoms with Gasteiger partial charge in [-0.25, -0.2) is 0 Å². The van der Waals surface area contributed by atoms with Crippen LogP contribution in [-0.2, 0) is 14.3 Å². The highest BCUT2D eigenvalue weighted by Gasteiger charge is 2.44. The molecule has 0 aliphatic carbocycles. The van der Waals surface area contributed by atoms with Crippen LogP contribution in [0.1, 0.15) is 30.9 Å². The van der Waals surface area contributed by atoms with Gasteiger partial charge in [-0.2, -0.15) is 0 Å². The Morgan fingerprint density at radius 2 is 2.38 bits per heavy atom. The van der Waals surface area contributed by atoms with E-state index in [4.69, 9.17) is 21.1 Å². The van der Waals surface area contributed by atoms with E-state index in [2.05, 4.69) is 5.32 Å². The molecule has 1 N–H and O–H groups in total. The monoisotopic (exact) mass is 309 g/mol. The standard InChI is InChI=1S/C16H20ClNO3/c1-20-15(10-3-2-4-11(17)7-10)9-18-16(19)13-8-12-5-6-14(13)21-12/h2-4,7,12-15H,5-6,8-9H2,1H3,(H,18,19)/t12-,13+,14-,15+/m1/s1. The second-order valence-corrected chi connectivity index (χ2v) is 6.18. The Morgan fingerprint density at radius 3 is 3.00 bits per heavy atom. The highest BCUT2D eigenvalue weighted by atomic mass is 35.5. The number of nitrogens with one attached hydrogen (secondary N) is 1. The molecular weight excluding hydrogens is 290 g/mol. The summed E-state index contributed by atoms with van der Waals surface area (Å²) in [5, 5.41) is 3.66. The van der Waals surface area contributed by atoms with Gasteiger partial charge in [-0.1, -0.05) is 23.7 Å². The van der Waals surface area contributed by atoms with E-state index in [9.17, 15) is 4.79 Å². The molecule has 2 aliphatic rings. The quantitative estimate of drug-likeness (QED) is 0.909. The maximum Gasteiger partial charge on any atom is 0.225 e. The topological polar surface area (TPSA) is 47.6 Å². The number of ether oxygens (including phenoxy) is 2. The number of carbonyl (C=O) groups excluding carboxylic acids is 1. The van der Waals surface area contributed by atoms with Crippen LogP contribution >= 0.6 is 11.6 Å². The largest absolute Gasteiger partial charge is 0.375 e. The van der Waals surface area contributed by atoms with E-state index in [0.717, 1.165) is 24.8 Å². The number of benzene rings is 1. The molecule has 3 rings (SSSR count). The Morgan fingerprint density at radius 1 is 1.52 bits per heavy atom. The number of rotatable bonds is 5. The van der Waals surface area contributed by atoms with E-state index in [1.165, 1.54) is 0 Å². The van der Waals surface area contributed by atoms with Crippen LogP contribution in [0.25, 0.3) is 0 Å². The van der Waals surface area contributed by atoms with Crippen molar-refractivity contribution in [3.8, 4) is 0 Å².